The van der Waals surface area contributed by atoms with Crippen molar-refractivity contribution in [3.05, 3.63) is 111 Å². The summed E-state index contributed by atoms with van der Waals surface area (Å²) in [5.41, 5.74) is 5.74. The fourth-order valence-corrected chi connectivity index (χ4v) is 5.97. The van der Waals surface area contributed by atoms with Crippen molar-refractivity contribution in [1.82, 2.24) is 0 Å². The topological polar surface area (TPSA) is 29.5 Å². The van der Waals surface area contributed by atoms with Gasteiger partial charge in [0.15, 0.2) is 5.60 Å². The zero-order chi connectivity index (χ0) is 21.9. The number of anilines is 1. The number of para-hydroxylation sites is 1. The van der Waals surface area contributed by atoms with E-state index in [0.29, 0.717) is 25.0 Å². The van der Waals surface area contributed by atoms with Crippen LogP contribution in [0.3, 0.4) is 0 Å². The summed E-state index contributed by atoms with van der Waals surface area (Å²) in [6.45, 7) is 3.16. The highest BCUT2D eigenvalue weighted by Gasteiger charge is 2.55. The minimum Gasteiger partial charge on any atom is -0.356 e. The second-order valence-corrected chi connectivity index (χ2v) is 9.98. The normalized spacial score (nSPS) is 25.9. The molecule has 2 aliphatic heterocycles. The van der Waals surface area contributed by atoms with E-state index in [2.05, 4.69) is 71.4 Å². The van der Waals surface area contributed by atoms with E-state index in [1.807, 2.05) is 35.2 Å². The van der Waals surface area contributed by atoms with Gasteiger partial charge in [-0.2, -0.15) is 0 Å². The van der Waals surface area contributed by atoms with Crippen molar-refractivity contribution in [3.63, 3.8) is 0 Å². The first-order valence-electron chi connectivity index (χ1n) is 11.1. The van der Waals surface area contributed by atoms with Gasteiger partial charge in [0.2, 0.25) is 0 Å². The van der Waals surface area contributed by atoms with Crippen molar-refractivity contribution in [2.45, 2.75) is 31.4 Å². The summed E-state index contributed by atoms with van der Waals surface area (Å²) in [5, 5.41) is 0. The number of allylic oxidation sites excluding steroid dienone is 1. The number of hydrogen-bond donors (Lipinski definition) is 0. The van der Waals surface area contributed by atoms with Crippen LogP contribution in [0, 0.1) is 5.92 Å². The number of nitrogens with zero attached hydrogens (tertiary/aromatic N) is 1. The first kappa shape index (κ1) is 20.0. The molecule has 0 radical (unpaired) electrons. The van der Waals surface area contributed by atoms with Gasteiger partial charge in [-0.05, 0) is 59.7 Å². The highest BCUT2D eigenvalue weighted by molar-refractivity contribution is 9.10. The quantitative estimate of drug-likeness (QED) is 0.409. The lowest BCUT2D eigenvalue weighted by Crippen LogP contribution is -2.43. The highest BCUT2D eigenvalue weighted by Crippen LogP contribution is 2.52. The van der Waals surface area contributed by atoms with E-state index in [9.17, 15) is 4.79 Å². The van der Waals surface area contributed by atoms with Crippen molar-refractivity contribution in [3.8, 4) is 0 Å². The van der Waals surface area contributed by atoms with E-state index < -0.39 is 5.60 Å². The average Bonchev–Trinajstić information content (AvgIpc) is 3.22. The molecule has 0 saturated carbocycles. The molecular formula is C28H24BrNO2. The first-order chi connectivity index (χ1) is 15.6. The van der Waals surface area contributed by atoms with Crippen LogP contribution in [0.2, 0.25) is 0 Å². The van der Waals surface area contributed by atoms with Gasteiger partial charge in [-0.25, -0.2) is 0 Å². The van der Waals surface area contributed by atoms with E-state index >= 15 is 0 Å². The molecule has 6 rings (SSSR count). The Hall–Kier alpha value is -2.69. The molecule has 1 spiro atoms. The number of benzene rings is 3. The van der Waals surface area contributed by atoms with E-state index in [0.717, 1.165) is 33.3 Å². The van der Waals surface area contributed by atoms with Crippen molar-refractivity contribution in [2.75, 3.05) is 11.5 Å². The van der Waals surface area contributed by atoms with Gasteiger partial charge in [-0.3, -0.25) is 4.79 Å². The molecule has 3 nitrogen and oxygen atoms in total. The summed E-state index contributed by atoms with van der Waals surface area (Å²) < 4.78 is 7.70. The van der Waals surface area contributed by atoms with E-state index in [-0.39, 0.29) is 5.91 Å². The fraction of sp³-hybridized carbons (Fsp3) is 0.250. The van der Waals surface area contributed by atoms with Gasteiger partial charge < -0.3 is 9.64 Å². The summed E-state index contributed by atoms with van der Waals surface area (Å²) >= 11 is 3.50. The second kappa shape index (κ2) is 7.43. The summed E-state index contributed by atoms with van der Waals surface area (Å²) in [7, 11) is 0. The van der Waals surface area contributed by atoms with Crippen LogP contribution < -0.4 is 4.90 Å². The molecule has 3 aromatic carbocycles. The number of hydrogen-bond acceptors (Lipinski definition) is 2. The summed E-state index contributed by atoms with van der Waals surface area (Å²) in [4.78, 5) is 16.0. The third kappa shape index (κ3) is 2.86. The lowest BCUT2D eigenvalue weighted by molar-refractivity contribution is -0.139. The molecular weight excluding hydrogens is 462 g/mol. The first-order valence-corrected chi connectivity index (χ1v) is 11.9. The van der Waals surface area contributed by atoms with Crippen LogP contribution in [-0.4, -0.2) is 12.5 Å². The van der Waals surface area contributed by atoms with Gasteiger partial charge in [0.25, 0.3) is 5.91 Å². The molecule has 2 heterocycles. The Morgan fingerprint density at radius 2 is 1.78 bits per heavy atom. The second-order valence-electron chi connectivity index (χ2n) is 9.07. The number of carbonyl (C=O) groups is 1. The molecule has 0 aromatic heterocycles. The Kier molecular flexibility index (Phi) is 4.63. The molecule has 3 aliphatic rings. The molecule has 160 valence electrons. The number of halogens is 1. The Bertz CT molecular complexity index is 1250. The molecule has 0 N–H and O–H groups in total. The highest BCUT2D eigenvalue weighted by atomic mass is 79.9. The van der Waals surface area contributed by atoms with E-state index in [1.54, 1.807) is 0 Å². The maximum absolute atomic E-state index is 14.1. The monoisotopic (exact) mass is 485 g/mol. The molecule has 3 atom stereocenters. The Labute approximate surface area is 196 Å². The Morgan fingerprint density at radius 3 is 2.62 bits per heavy atom. The molecule has 0 unspecified atom stereocenters. The van der Waals surface area contributed by atoms with Crippen molar-refractivity contribution < 1.29 is 9.53 Å². The maximum atomic E-state index is 14.1. The molecule has 1 aliphatic carbocycles. The maximum Gasteiger partial charge on any atom is 0.268 e. The average molecular weight is 486 g/mol. The van der Waals surface area contributed by atoms with Crippen LogP contribution in [0.1, 0.15) is 35.1 Å². The summed E-state index contributed by atoms with van der Waals surface area (Å²) in [5.74, 6) is 0.678. The third-order valence-corrected chi connectivity index (χ3v) is 7.81. The van der Waals surface area contributed by atoms with Gasteiger partial charge in [-0.15, -0.1) is 0 Å². The van der Waals surface area contributed by atoms with Gasteiger partial charge in [0.1, 0.15) is 0 Å². The summed E-state index contributed by atoms with van der Waals surface area (Å²) in [6.07, 6.45) is 3.31. The predicted octanol–water partition coefficient (Wildman–Crippen LogP) is 6.12. The molecule has 0 saturated heterocycles. The molecule has 4 heteroatoms. The molecule has 32 heavy (non-hydrogen) atoms. The Balaban J connectivity index is 1.44. The Morgan fingerprint density at radius 1 is 1.03 bits per heavy atom. The SMILES string of the molecule is CC1=C[C@H]2c3ccccc3C[C@H]2CO[C@]12C(=O)N(Cc1ccc(Br)cc1)c1ccccc12. The standard InChI is InChI=1S/C28H24BrNO2/c1-18-14-24-21(15-20-6-2-3-7-23(20)24)17-32-28(18)25-8-4-5-9-26(25)30(27(28)31)16-19-10-12-22(29)13-11-19/h2-14,21,24H,15-17H2,1H3/t21-,24+,28+/m0/s1. The van der Waals surface area contributed by atoms with Crippen LogP contribution in [0.25, 0.3) is 0 Å². The van der Waals surface area contributed by atoms with Gasteiger partial charge in [0.05, 0.1) is 18.8 Å². The van der Waals surface area contributed by atoms with Crippen molar-refractivity contribution in [2.24, 2.45) is 5.92 Å². The molecule has 3 aromatic rings. The van der Waals surface area contributed by atoms with Crippen LogP contribution in [0.4, 0.5) is 5.69 Å². The number of fused-ring (bicyclic) bond motifs is 5. The predicted molar refractivity (Wildman–Crippen MR) is 130 cm³/mol. The molecule has 0 fully saturated rings. The smallest absolute Gasteiger partial charge is 0.268 e. The number of rotatable bonds is 2. The van der Waals surface area contributed by atoms with Gasteiger partial charge >= 0.3 is 0 Å². The third-order valence-electron chi connectivity index (χ3n) is 7.28. The molecule has 1 amide bonds. The number of amides is 1. The lowest BCUT2D eigenvalue weighted by atomic mass is 9.85. The minimum absolute atomic E-state index is 0.0172. The zero-order valence-corrected chi connectivity index (χ0v) is 19.5. The lowest BCUT2D eigenvalue weighted by Gasteiger charge is -2.29. The largest absolute Gasteiger partial charge is 0.356 e. The minimum atomic E-state index is -1.04. The number of ether oxygens (including phenoxy) is 1. The number of carbonyl (C=O) groups excluding carboxylic acids is 1. The van der Waals surface area contributed by atoms with E-state index in [1.165, 1.54) is 11.1 Å². The van der Waals surface area contributed by atoms with E-state index in [4.69, 9.17) is 4.74 Å². The van der Waals surface area contributed by atoms with Crippen LogP contribution >= 0.6 is 15.9 Å². The van der Waals surface area contributed by atoms with Crippen LogP contribution in [0.15, 0.2) is 88.9 Å². The van der Waals surface area contributed by atoms with Crippen molar-refractivity contribution >= 4 is 27.5 Å². The summed E-state index contributed by atoms with van der Waals surface area (Å²) in [6, 6.07) is 24.9. The van der Waals surface area contributed by atoms with Gasteiger partial charge in [0, 0.05) is 16.0 Å². The molecule has 0 bridgehead atoms. The fourth-order valence-electron chi connectivity index (χ4n) is 5.70. The van der Waals surface area contributed by atoms with Crippen LogP contribution in [-0.2, 0) is 28.1 Å². The van der Waals surface area contributed by atoms with Crippen LogP contribution in [0.5, 0.6) is 0 Å². The van der Waals surface area contributed by atoms with Gasteiger partial charge in [-0.1, -0.05) is 76.6 Å². The van der Waals surface area contributed by atoms with Crippen molar-refractivity contribution in [1.29, 1.82) is 0 Å². The zero-order valence-electron chi connectivity index (χ0n) is 17.9.